The summed E-state index contributed by atoms with van der Waals surface area (Å²) in [4.78, 5) is 12.8. The van der Waals surface area contributed by atoms with Gasteiger partial charge >= 0.3 is 0 Å². The van der Waals surface area contributed by atoms with Gasteiger partial charge in [-0.2, -0.15) is 0 Å². The van der Waals surface area contributed by atoms with E-state index in [2.05, 4.69) is 11.4 Å². The van der Waals surface area contributed by atoms with E-state index < -0.39 is 9.84 Å². The Morgan fingerprint density at radius 3 is 2.28 bits per heavy atom. The lowest BCUT2D eigenvalue weighted by Gasteiger charge is -2.18. The number of benzene rings is 2. The van der Waals surface area contributed by atoms with Gasteiger partial charge in [-0.3, -0.25) is 4.79 Å². The van der Waals surface area contributed by atoms with Gasteiger partial charge in [-0.15, -0.1) is 0 Å². The lowest BCUT2D eigenvalue weighted by Crippen LogP contribution is -2.27. The number of sulfone groups is 1. The lowest BCUT2D eigenvalue weighted by atomic mass is 9.90. The maximum Gasteiger partial charge on any atom is 0.251 e. The highest BCUT2D eigenvalue weighted by Crippen LogP contribution is 2.23. The first-order valence-corrected chi connectivity index (χ1v) is 10.5. The molecule has 1 atom stereocenters. The van der Waals surface area contributed by atoms with Crippen LogP contribution in [0.25, 0.3) is 0 Å². The molecule has 0 heterocycles. The molecule has 2 aromatic rings. The van der Waals surface area contributed by atoms with Crippen LogP contribution >= 0.6 is 0 Å². The normalized spacial score (nSPS) is 15.3. The smallest absolute Gasteiger partial charge is 0.251 e. The Balaban J connectivity index is 1.72. The van der Waals surface area contributed by atoms with Crippen LogP contribution in [0.3, 0.4) is 0 Å². The van der Waals surface area contributed by atoms with E-state index in [-0.39, 0.29) is 16.8 Å². The van der Waals surface area contributed by atoms with Crippen LogP contribution in [-0.2, 0) is 22.7 Å². The van der Waals surface area contributed by atoms with Gasteiger partial charge in [-0.1, -0.05) is 18.2 Å². The molecule has 1 aliphatic rings. The zero-order valence-corrected chi connectivity index (χ0v) is 15.4. The zero-order valence-electron chi connectivity index (χ0n) is 14.6. The van der Waals surface area contributed by atoms with Crippen molar-refractivity contribution in [3.63, 3.8) is 0 Å². The van der Waals surface area contributed by atoms with E-state index in [1.54, 1.807) is 24.3 Å². The maximum absolute atomic E-state index is 12.5. The van der Waals surface area contributed by atoms with E-state index in [0.29, 0.717) is 5.56 Å². The summed E-state index contributed by atoms with van der Waals surface area (Å²) in [7, 11) is -3.21. The number of hydrogen-bond acceptors (Lipinski definition) is 3. The fraction of sp³-hybridized carbons (Fsp3) is 0.350. The average molecular weight is 357 g/mol. The predicted molar refractivity (Wildman–Crippen MR) is 98.5 cm³/mol. The second-order valence-corrected chi connectivity index (χ2v) is 8.74. The SMILES string of the molecule is C[C@H](NC(=O)c1ccc2c(c1)CCCC2)c1ccc(S(C)(=O)=O)cc1. The molecule has 0 bridgehead atoms. The van der Waals surface area contributed by atoms with E-state index in [4.69, 9.17) is 0 Å². The fourth-order valence-corrected chi connectivity index (χ4v) is 3.87. The molecule has 0 aromatic heterocycles. The maximum atomic E-state index is 12.5. The summed E-state index contributed by atoms with van der Waals surface area (Å²) in [6.45, 7) is 1.89. The standard InChI is InChI=1S/C20H23NO3S/c1-14(15-9-11-19(12-10-15)25(2,23)24)21-20(22)18-8-7-16-5-3-4-6-17(16)13-18/h7-14H,3-6H2,1-2H3,(H,21,22)/t14-/m0/s1. The van der Waals surface area contributed by atoms with Gasteiger partial charge in [0.1, 0.15) is 0 Å². The minimum atomic E-state index is -3.21. The molecule has 4 nitrogen and oxygen atoms in total. The van der Waals surface area contributed by atoms with E-state index >= 15 is 0 Å². The minimum absolute atomic E-state index is 0.104. The molecule has 0 aliphatic heterocycles. The number of aryl methyl sites for hydroxylation is 2. The summed E-state index contributed by atoms with van der Waals surface area (Å²) < 4.78 is 23.0. The largest absolute Gasteiger partial charge is 0.346 e. The Hall–Kier alpha value is -2.14. The highest BCUT2D eigenvalue weighted by Gasteiger charge is 2.16. The van der Waals surface area contributed by atoms with Crippen molar-refractivity contribution >= 4 is 15.7 Å². The molecule has 0 radical (unpaired) electrons. The van der Waals surface area contributed by atoms with Crippen LogP contribution in [-0.4, -0.2) is 20.6 Å². The Bertz CT molecular complexity index is 886. The van der Waals surface area contributed by atoms with Gasteiger partial charge in [-0.25, -0.2) is 8.42 Å². The molecule has 0 saturated carbocycles. The molecular formula is C20H23NO3S. The van der Waals surface area contributed by atoms with Crippen LogP contribution in [0.1, 0.15) is 52.9 Å². The molecule has 2 aromatic carbocycles. The number of hydrogen-bond donors (Lipinski definition) is 1. The van der Waals surface area contributed by atoms with Crippen molar-refractivity contribution in [3.8, 4) is 0 Å². The molecule has 25 heavy (non-hydrogen) atoms. The zero-order chi connectivity index (χ0) is 18.0. The first-order chi connectivity index (χ1) is 11.8. The number of nitrogens with one attached hydrogen (secondary N) is 1. The number of carbonyl (C=O) groups is 1. The minimum Gasteiger partial charge on any atom is -0.346 e. The van der Waals surface area contributed by atoms with Crippen LogP contribution in [0.15, 0.2) is 47.4 Å². The summed E-state index contributed by atoms with van der Waals surface area (Å²) in [5.74, 6) is -0.104. The summed E-state index contributed by atoms with van der Waals surface area (Å²) in [5.41, 5.74) is 4.19. The van der Waals surface area contributed by atoms with Gasteiger partial charge in [0, 0.05) is 11.8 Å². The third-order valence-corrected chi connectivity index (χ3v) is 5.90. The van der Waals surface area contributed by atoms with E-state index in [1.807, 2.05) is 19.1 Å². The van der Waals surface area contributed by atoms with Crippen LogP contribution in [0.2, 0.25) is 0 Å². The van der Waals surface area contributed by atoms with Crippen LogP contribution in [0, 0.1) is 0 Å². The summed E-state index contributed by atoms with van der Waals surface area (Å²) in [6, 6.07) is 12.4. The Labute approximate surface area is 149 Å². The molecule has 1 aliphatic carbocycles. The van der Waals surface area contributed by atoms with Crippen molar-refractivity contribution in [3.05, 3.63) is 64.7 Å². The van der Waals surface area contributed by atoms with Gasteiger partial charge < -0.3 is 5.32 Å². The first kappa shape index (κ1) is 17.7. The van der Waals surface area contributed by atoms with Crippen molar-refractivity contribution in [2.75, 3.05) is 6.26 Å². The third kappa shape index (κ3) is 4.10. The van der Waals surface area contributed by atoms with Gasteiger partial charge in [0.05, 0.1) is 10.9 Å². The number of fused-ring (bicyclic) bond motifs is 1. The van der Waals surface area contributed by atoms with Gasteiger partial charge in [0.25, 0.3) is 5.91 Å². The monoisotopic (exact) mass is 357 g/mol. The van der Waals surface area contributed by atoms with Crippen molar-refractivity contribution < 1.29 is 13.2 Å². The number of rotatable bonds is 4. The molecule has 1 amide bonds. The molecule has 0 saturated heterocycles. The van der Waals surface area contributed by atoms with Crippen molar-refractivity contribution in [2.24, 2.45) is 0 Å². The predicted octanol–water partition coefficient (Wildman–Crippen LogP) is 3.46. The van der Waals surface area contributed by atoms with Crippen LogP contribution in [0.5, 0.6) is 0 Å². The highest BCUT2D eigenvalue weighted by atomic mass is 32.2. The first-order valence-electron chi connectivity index (χ1n) is 8.57. The fourth-order valence-electron chi connectivity index (χ4n) is 3.24. The van der Waals surface area contributed by atoms with E-state index in [1.165, 1.54) is 30.2 Å². The Kier molecular flexibility index (Phi) is 4.95. The summed E-state index contributed by atoms with van der Waals surface area (Å²) in [6.07, 6.45) is 5.72. The third-order valence-electron chi connectivity index (χ3n) is 4.77. The molecule has 0 unspecified atom stereocenters. The second kappa shape index (κ2) is 7.00. The van der Waals surface area contributed by atoms with Crippen LogP contribution in [0.4, 0.5) is 0 Å². The van der Waals surface area contributed by atoms with Crippen molar-refractivity contribution in [1.82, 2.24) is 5.32 Å². The van der Waals surface area contributed by atoms with Gasteiger partial charge in [0.2, 0.25) is 0 Å². The lowest BCUT2D eigenvalue weighted by molar-refractivity contribution is 0.0939. The number of carbonyl (C=O) groups excluding carboxylic acids is 1. The quantitative estimate of drug-likeness (QED) is 0.911. The van der Waals surface area contributed by atoms with Crippen molar-refractivity contribution in [1.29, 1.82) is 0 Å². The molecular weight excluding hydrogens is 334 g/mol. The summed E-state index contributed by atoms with van der Waals surface area (Å²) >= 11 is 0. The molecule has 5 heteroatoms. The van der Waals surface area contributed by atoms with Gasteiger partial charge in [-0.05, 0) is 73.6 Å². The molecule has 0 spiro atoms. The molecule has 3 rings (SSSR count). The van der Waals surface area contributed by atoms with Crippen LogP contribution < -0.4 is 5.32 Å². The topological polar surface area (TPSA) is 63.2 Å². The Morgan fingerprint density at radius 1 is 1.00 bits per heavy atom. The molecule has 0 fully saturated rings. The van der Waals surface area contributed by atoms with E-state index in [9.17, 15) is 13.2 Å². The van der Waals surface area contributed by atoms with Crippen molar-refractivity contribution in [2.45, 2.75) is 43.5 Å². The Morgan fingerprint density at radius 2 is 1.64 bits per heavy atom. The highest BCUT2D eigenvalue weighted by molar-refractivity contribution is 7.90. The van der Waals surface area contributed by atoms with E-state index in [0.717, 1.165) is 18.4 Å². The molecule has 132 valence electrons. The summed E-state index contributed by atoms with van der Waals surface area (Å²) in [5, 5.41) is 2.99. The number of amides is 1. The average Bonchev–Trinajstić information content (AvgIpc) is 2.60. The van der Waals surface area contributed by atoms with Gasteiger partial charge in [0.15, 0.2) is 9.84 Å². The second-order valence-electron chi connectivity index (χ2n) is 6.73. The molecule has 1 N–H and O–H groups in total.